The molecule has 3 aromatic heterocycles. The highest BCUT2D eigenvalue weighted by Crippen LogP contribution is 2.27. The molecule has 0 spiro atoms. The van der Waals surface area contributed by atoms with Crippen LogP contribution in [0, 0.1) is 5.92 Å². The van der Waals surface area contributed by atoms with Gasteiger partial charge in [-0.25, -0.2) is 9.07 Å². The topological polar surface area (TPSA) is 112 Å². The Kier molecular flexibility index (Phi) is 5.55. The molecule has 0 radical (unpaired) electrons. The zero-order valence-corrected chi connectivity index (χ0v) is 17.3. The normalized spacial score (nSPS) is 18.7. The zero-order chi connectivity index (χ0) is 21.3. The summed E-state index contributed by atoms with van der Waals surface area (Å²) in [6.45, 7) is 4.80. The molecule has 0 bridgehead atoms. The van der Waals surface area contributed by atoms with Crippen LogP contribution in [0.1, 0.15) is 0 Å². The molecule has 1 aliphatic heterocycles. The molecule has 1 fully saturated rings. The summed E-state index contributed by atoms with van der Waals surface area (Å²) in [5, 5.41) is 7.19. The Labute approximate surface area is 177 Å². The molecule has 30 heavy (non-hydrogen) atoms. The number of imidazole rings is 1. The van der Waals surface area contributed by atoms with Gasteiger partial charge in [0, 0.05) is 51.1 Å². The van der Waals surface area contributed by atoms with Crippen molar-refractivity contribution in [2.75, 3.05) is 32.1 Å². The van der Waals surface area contributed by atoms with Crippen molar-refractivity contribution in [1.82, 2.24) is 33.7 Å². The second kappa shape index (κ2) is 8.28. The quantitative estimate of drug-likeness (QED) is 0.556. The summed E-state index contributed by atoms with van der Waals surface area (Å²) < 4.78 is 14.5. The van der Waals surface area contributed by atoms with Gasteiger partial charge in [0.1, 0.15) is 6.33 Å². The first-order valence-electron chi connectivity index (χ1n) is 9.22. The predicted molar refractivity (Wildman–Crippen MR) is 110 cm³/mol. The van der Waals surface area contributed by atoms with Crippen LogP contribution < -0.4 is 10.1 Å². The molecule has 158 valence electrons. The summed E-state index contributed by atoms with van der Waals surface area (Å²) in [6.07, 6.45) is 6.02. The van der Waals surface area contributed by atoms with E-state index < -0.39 is 0 Å². The summed E-state index contributed by atoms with van der Waals surface area (Å²) in [7, 11) is 3.43. The molecule has 1 amide bonds. The average molecular weight is 433 g/mol. The molecule has 0 unspecified atom stereocenters. The van der Waals surface area contributed by atoms with E-state index in [9.17, 15) is 4.79 Å². The fraction of sp³-hybridized carbons (Fsp3) is 0.389. The van der Waals surface area contributed by atoms with Crippen molar-refractivity contribution in [1.29, 1.82) is 0 Å². The minimum atomic E-state index is -0.153. The van der Waals surface area contributed by atoms with Crippen LogP contribution >= 0.6 is 11.8 Å². The summed E-state index contributed by atoms with van der Waals surface area (Å²) in [5.41, 5.74) is 1.57. The maximum absolute atomic E-state index is 11.9. The van der Waals surface area contributed by atoms with Crippen LogP contribution in [0.4, 0.5) is 11.6 Å². The number of hydrogen-bond donors (Lipinski definition) is 1. The van der Waals surface area contributed by atoms with Gasteiger partial charge in [0.25, 0.3) is 0 Å². The van der Waals surface area contributed by atoms with E-state index in [-0.39, 0.29) is 30.4 Å². The SMILES string of the molecule is C=CC(=O)N1C[C@H](COc2nc(Nc3cnn(C)c3)nc3ncn(Cl)c23)[C@@H](OC)C1. The smallest absolute Gasteiger partial charge is 0.246 e. The van der Waals surface area contributed by atoms with Crippen LogP contribution in [0.3, 0.4) is 0 Å². The molecule has 1 N–H and O–H groups in total. The lowest BCUT2D eigenvalue weighted by Crippen LogP contribution is -2.28. The van der Waals surface area contributed by atoms with Crippen LogP contribution in [-0.4, -0.2) is 72.5 Å². The van der Waals surface area contributed by atoms with Crippen LogP contribution in [-0.2, 0) is 16.6 Å². The number of ether oxygens (including phenoxy) is 2. The molecule has 11 nitrogen and oxygen atoms in total. The maximum atomic E-state index is 11.9. The third-order valence-electron chi connectivity index (χ3n) is 4.89. The van der Waals surface area contributed by atoms with Crippen LogP contribution in [0.2, 0.25) is 0 Å². The Morgan fingerprint density at radius 2 is 2.27 bits per heavy atom. The van der Waals surface area contributed by atoms with E-state index in [2.05, 4.69) is 31.9 Å². The summed E-state index contributed by atoms with van der Waals surface area (Å²) in [6, 6.07) is 0. The molecular weight excluding hydrogens is 412 g/mol. The minimum Gasteiger partial charge on any atom is -0.475 e. The van der Waals surface area contributed by atoms with Crippen molar-refractivity contribution in [3.8, 4) is 5.88 Å². The van der Waals surface area contributed by atoms with Gasteiger partial charge in [-0.3, -0.25) is 9.48 Å². The molecule has 0 saturated carbocycles. The molecule has 3 aromatic rings. The molecule has 0 aliphatic carbocycles. The first kappa shape index (κ1) is 20.1. The third-order valence-corrected chi connectivity index (χ3v) is 5.15. The Hall–Kier alpha value is -3.18. The number of anilines is 2. The highest BCUT2D eigenvalue weighted by atomic mass is 35.5. The Bertz CT molecular complexity index is 1080. The van der Waals surface area contributed by atoms with E-state index in [4.69, 9.17) is 21.3 Å². The fourth-order valence-electron chi connectivity index (χ4n) is 3.40. The summed E-state index contributed by atoms with van der Waals surface area (Å²) in [5.74, 6) is 0.414. The largest absolute Gasteiger partial charge is 0.475 e. The first-order valence-corrected chi connectivity index (χ1v) is 9.56. The molecule has 4 heterocycles. The summed E-state index contributed by atoms with van der Waals surface area (Å²) in [4.78, 5) is 26.7. The first-order chi connectivity index (χ1) is 14.5. The number of likely N-dealkylation sites (tertiary alicyclic amines) is 1. The van der Waals surface area contributed by atoms with E-state index in [0.29, 0.717) is 30.2 Å². The minimum absolute atomic E-state index is 0.0367. The Morgan fingerprint density at radius 1 is 1.43 bits per heavy atom. The number of aryl methyl sites for hydroxylation is 1. The fourth-order valence-corrected chi connectivity index (χ4v) is 3.59. The van der Waals surface area contributed by atoms with Gasteiger partial charge in [0.15, 0.2) is 11.2 Å². The van der Waals surface area contributed by atoms with Crippen molar-refractivity contribution in [3.63, 3.8) is 0 Å². The number of carbonyl (C=O) groups is 1. The van der Waals surface area contributed by atoms with E-state index in [1.54, 1.807) is 29.1 Å². The van der Waals surface area contributed by atoms with Gasteiger partial charge in [-0.2, -0.15) is 15.1 Å². The molecule has 12 heteroatoms. The Morgan fingerprint density at radius 3 is 2.97 bits per heavy atom. The number of halogens is 1. The monoisotopic (exact) mass is 432 g/mol. The number of methoxy groups -OCH3 is 1. The van der Waals surface area contributed by atoms with E-state index in [1.807, 2.05) is 7.05 Å². The summed E-state index contributed by atoms with van der Waals surface area (Å²) >= 11 is 6.20. The number of hydrogen-bond acceptors (Lipinski definition) is 8. The molecule has 4 rings (SSSR count). The zero-order valence-electron chi connectivity index (χ0n) is 16.5. The van der Waals surface area contributed by atoms with E-state index in [1.165, 1.54) is 16.5 Å². The standard InChI is InChI=1S/C18H21ClN8O3/c1-4-14(28)26-6-11(13(8-26)29-3)9-30-17-15-16(20-10-27(15)19)23-18(24-17)22-12-5-21-25(2)7-12/h4-5,7,10-11,13H,1,6,8-9H2,2-3H3,(H,22,23,24)/t11-,13+/m1/s1. The van der Waals surface area contributed by atoms with Gasteiger partial charge in [0.05, 0.1) is 24.6 Å². The van der Waals surface area contributed by atoms with Gasteiger partial charge in [0.2, 0.25) is 17.7 Å². The maximum Gasteiger partial charge on any atom is 0.246 e. The number of aromatic nitrogens is 6. The molecule has 0 aromatic carbocycles. The lowest BCUT2D eigenvalue weighted by atomic mass is 10.1. The lowest BCUT2D eigenvalue weighted by Gasteiger charge is -2.17. The van der Waals surface area contributed by atoms with Gasteiger partial charge < -0.3 is 19.7 Å². The van der Waals surface area contributed by atoms with Gasteiger partial charge >= 0.3 is 0 Å². The van der Waals surface area contributed by atoms with Crippen molar-refractivity contribution in [2.24, 2.45) is 13.0 Å². The molecule has 2 atom stereocenters. The number of rotatable bonds is 7. The van der Waals surface area contributed by atoms with Crippen molar-refractivity contribution >= 4 is 40.5 Å². The van der Waals surface area contributed by atoms with Crippen LogP contribution in [0.5, 0.6) is 5.88 Å². The van der Waals surface area contributed by atoms with E-state index >= 15 is 0 Å². The highest BCUT2D eigenvalue weighted by Gasteiger charge is 2.35. The number of nitrogens with one attached hydrogen (secondary N) is 1. The number of amides is 1. The van der Waals surface area contributed by atoms with Gasteiger partial charge in [-0.15, -0.1) is 0 Å². The molecule has 1 saturated heterocycles. The van der Waals surface area contributed by atoms with Crippen molar-refractivity contribution < 1.29 is 14.3 Å². The van der Waals surface area contributed by atoms with Gasteiger partial charge in [-0.05, 0) is 6.08 Å². The van der Waals surface area contributed by atoms with Gasteiger partial charge in [-0.1, -0.05) is 6.58 Å². The highest BCUT2D eigenvalue weighted by molar-refractivity contribution is 6.18. The molecule has 1 aliphatic rings. The second-order valence-electron chi connectivity index (χ2n) is 6.90. The number of fused-ring (bicyclic) bond motifs is 1. The number of carbonyl (C=O) groups excluding carboxylic acids is 1. The lowest BCUT2D eigenvalue weighted by molar-refractivity contribution is -0.125. The molecular formula is C18H21ClN8O3. The van der Waals surface area contributed by atoms with Crippen LogP contribution in [0.15, 0.2) is 31.4 Å². The average Bonchev–Trinajstić information content (AvgIpc) is 3.44. The van der Waals surface area contributed by atoms with E-state index in [0.717, 1.165) is 5.69 Å². The van der Waals surface area contributed by atoms with Crippen LogP contribution in [0.25, 0.3) is 11.2 Å². The Balaban J connectivity index is 1.56. The predicted octanol–water partition coefficient (Wildman–Crippen LogP) is 1.34. The third kappa shape index (κ3) is 3.94. The van der Waals surface area contributed by atoms with Crippen molar-refractivity contribution in [3.05, 3.63) is 31.4 Å². The number of nitrogens with zero attached hydrogens (tertiary/aromatic N) is 7. The van der Waals surface area contributed by atoms with Crippen molar-refractivity contribution in [2.45, 2.75) is 6.10 Å². The second-order valence-corrected chi connectivity index (χ2v) is 7.26.